The molecule has 0 radical (unpaired) electrons. The van der Waals surface area contributed by atoms with Gasteiger partial charge in [-0.2, -0.15) is 16.9 Å². The quantitative estimate of drug-likeness (QED) is 0.312. The maximum Gasteiger partial charge on any atom is 1.00 e. The first-order chi connectivity index (χ1) is 3.30. The Labute approximate surface area is 78.4 Å². The SMILES string of the molecule is Cc1ns[c-]c1I.[Li+]. The fourth-order valence-electron chi connectivity index (χ4n) is 0.245. The van der Waals surface area contributed by atoms with Crippen LogP contribution in [0.25, 0.3) is 0 Å². The van der Waals surface area contributed by atoms with Crippen LogP contribution in [0.15, 0.2) is 0 Å². The molecule has 0 aliphatic heterocycles. The van der Waals surface area contributed by atoms with Gasteiger partial charge in [0.15, 0.2) is 0 Å². The zero-order chi connectivity index (χ0) is 5.28. The van der Waals surface area contributed by atoms with E-state index in [1.165, 1.54) is 11.5 Å². The van der Waals surface area contributed by atoms with Crippen molar-refractivity contribution in [3.05, 3.63) is 14.6 Å². The number of aromatic nitrogens is 1. The molecular weight excluding hydrogens is 228 g/mol. The Hall–Kier alpha value is 0.957. The molecule has 1 aromatic rings. The molecule has 1 nitrogen and oxygen atoms in total. The Kier molecular flexibility index (Phi) is 4.35. The molecule has 8 heavy (non-hydrogen) atoms. The minimum atomic E-state index is 0. The second-order valence-corrected chi connectivity index (χ2v) is 2.83. The van der Waals surface area contributed by atoms with Gasteiger partial charge >= 0.3 is 18.9 Å². The van der Waals surface area contributed by atoms with Gasteiger partial charge in [0.05, 0.1) is 0 Å². The summed E-state index contributed by atoms with van der Waals surface area (Å²) in [6.45, 7) is 1.98. The predicted molar refractivity (Wildman–Crippen MR) is 38.4 cm³/mol. The van der Waals surface area contributed by atoms with Gasteiger partial charge in [0.1, 0.15) is 0 Å². The minimum absolute atomic E-state index is 0. The largest absolute Gasteiger partial charge is 1.00 e. The third-order valence-electron chi connectivity index (χ3n) is 0.635. The molecule has 38 valence electrons. The fraction of sp³-hybridized carbons (Fsp3) is 0.250. The molecule has 1 aromatic heterocycles. The van der Waals surface area contributed by atoms with Crippen LogP contribution in [0.4, 0.5) is 0 Å². The molecule has 0 bridgehead atoms. The molecule has 0 atom stereocenters. The number of rotatable bonds is 0. The van der Waals surface area contributed by atoms with Crippen molar-refractivity contribution in [3.63, 3.8) is 0 Å². The molecule has 0 saturated carbocycles. The average Bonchev–Trinajstić information content (AvgIpc) is 1.91. The molecular formula is C4H3ILiNS. The Balaban J connectivity index is 0.000000490. The number of nitrogens with zero attached hydrogens (tertiary/aromatic N) is 1. The molecule has 0 amide bonds. The van der Waals surface area contributed by atoms with Crippen molar-refractivity contribution in [2.75, 3.05) is 0 Å². The molecule has 0 aliphatic carbocycles. The van der Waals surface area contributed by atoms with Crippen molar-refractivity contribution in [1.29, 1.82) is 0 Å². The van der Waals surface area contributed by atoms with E-state index in [9.17, 15) is 0 Å². The fourth-order valence-corrected chi connectivity index (χ4v) is 1.33. The van der Waals surface area contributed by atoms with Crippen LogP contribution in [-0.4, -0.2) is 4.37 Å². The van der Waals surface area contributed by atoms with E-state index in [2.05, 4.69) is 32.3 Å². The summed E-state index contributed by atoms with van der Waals surface area (Å²) in [5.41, 5.74) is 1.09. The maximum atomic E-state index is 3.99. The van der Waals surface area contributed by atoms with Crippen molar-refractivity contribution in [1.82, 2.24) is 4.37 Å². The van der Waals surface area contributed by atoms with Crippen LogP contribution in [0.1, 0.15) is 5.69 Å². The van der Waals surface area contributed by atoms with E-state index in [0.29, 0.717) is 0 Å². The van der Waals surface area contributed by atoms with Crippen molar-refractivity contribution in [3.8, 4) is 0 Å². The standard InChI is InChI=1S/C4H3INS.Li/c1-3-4(5)2-7-6-3;/h1H3;/q-1;+1. The van der Waals surface area contributed by atoms with Crippen LogP contribution < -0.4 is 18.9 Å². The summed E-state index contributed by atoms with van der Waals surface area (Å²) in [5.74, 6) is 0. The van der Waals surface area contributed by atoms with E-state index in [0.717, 1.165) is 9.26 Å². The second-order valence-electron chi connectivity index (χ2n) is 1.18. The first-order valence-electron chi connectivity index (χ1n) is 1.80. The maximum absolute atomic E-state index is 3.99. The number of halogens is 1. The third-order valence-corrected chi connectivity index (χ3v) is 2.71. The Morgan fingerprint density at radius 2 is 2.38 bits per heavy atom. The summed E-state index contributed by atoms with van der Waals surface area (Å²) in [6, 6.07) is 0. The zero-order valence-corrected chi connectivity index (χ0v) is 7.71. The number of aryl methyl sites for hydroxylation is 1. The van der Waals surface area contributed by atoms with Crippen LogP contribution >= 0.6 is 34.1 Å². The van der Waals surface area contributed by atoms with Gasteiger partial charge in [-0.3, -0.25) is 0 Å². The first kappa shape index (κ1) is 8.96. The summed E-state index contributed by atoms with van der Waals surface area (Å²) in [7, 11) is 0. The van der Waals surface area contributed by atoms with Gasteiger partial charge in [-0.1, -0.05) is 35.2 Å². The molecule has 0 unspecified atom stereocenters. The Morgan fingerprint density at radius 3 is 2.50 bits per heavy atom. The normalized spacial score (nSPS) is 8.25. The zero-order valence-electron chi connectivity index (χ0n) is 4.73. The Morgan fingerprint density at radius 1 is 1.75 bits per heavy atom. The van der Waals surface area contributed by atoms with Gasteiger partial charge in [0.2, 0.25) is 0 Å². The molecule has 0 N–H and O–H groups in total. The molecule has 0 aliphatic rings. The monoisotopic (exact) mass is 231 g/mol. The van der Waals surface area contributed by atoms with Crippen LogP contribution in [0.5, 0.6) is 0 Å². The van der Waals surface area contributed by atoms with Crippen molar-refractivity contribution in [2.45, 2.75) is 6.92 Å². The predicted octanol–water partition coefficient (Wildman–Crippen LogP) is -1.14. The average molecular weight is 231 g/mol. The van der Waals surface area contributed by atoms with Crippen molar-refractivity contribution >= 4 is 34.1 Å². The van der Waals surface area contributed by atoms with Gasteiger partial charge in [-0.15, -0.1) is 3.57 Å². The molecule has 1 heterocycles. The van der Waals surface area contributed by atoms with Crippen LogP contribution in [-0.2, 0) is 0 Å². The van der Waals surface area contributed by atoms with E-state index in [-0.39, 0.29) is 18.9 Å². The van der Waals surface area contributed by atoms with E-state index in [4.69, 9.17) is 0 Å². The molecule has 1 rings (SSSR count). The van der Waals surface area contributed by atoms with Gasteiger partial charge in [-0.05, 0) is 0 Å². The molecule has 0 saturated heterocycles. The van der Waals surface area contributed by atoms with Gasteiger partial charge < -0.3 is 4.37 Å². The molecule has 0 spiro atoms. The van der Waals surface area contributed by atoms with E-state index in [1.54, 1.807) is 0 Å². The van der Waals surface area contributed by atoms with E-state index >= 15 is 0 Å². The van der Waals surface area contributed by atoms with Gasteiger partial charge in [0.25, 0.3) is 0 Å². The van der Waals surface area contributed by atoms with E-state index in [1.807, 2.05) is 6.92 Å². The molecule has 0 aromatic carbocycles. The van der Waals surface area contributed by atoms with Gasteiger partial charge in [0, 0.05) is 0 Å². The summed E-state index contributed by atoms with van der Waals surface area (Å²) >= 11 is 3.60. The summed E-state index contributed by atoms with van der Waals surface area (Å²) in [4.78, 5) is 0. The Bertz CT molecular complexity index is 148. The topological polar surface area (TPSA) is 12.9 Å². The van der Waals surface area contributed by atoms with Crippen LogP contribution in [0.3, 0.4) is 0 Å². The first-order valence-corrected chi connectivity index (χ1v) is 3.65. The van der Waals surface area contributed by atoms with E-state index < -0.39 is 0 Å². The number of hydrogen-bond donors (Lipinski definition) is 0. The van der Waals surface area contributed by atoms with Crippen molar-refractivity contribution in [2.24, 2.45) is 0 Å². The summed E-state index contributed by atoms with van der Waals surface area (Å²) in [6.07, 6.45) is 0. The van der Waals surface area contributed by atoms with Crippen LogP contribution in [0, 0.1) is 15.9 Å². The third kappa shape index (κ3) is 2.06. The minimum Gasteiger partial charge on any atom is -0.312 e. The summed E-state index contributed by atoms with van der Waals surface area (Å²) < 4.78 is 5.14. The van der Waals surface area contributed by atoms with Crippen molar-refractivity contribution < 1.29 is 18.9 Å². The molecule has 4 heteroatoms. The van der Waals surface area contributed by atoms with Crippen LogP contribution in [0.2, 0.25) is 0 Å². The number of hydrogen-bond acceptors (Lipinski definition) is 2. The van der Waals surface area contributed by atoms with Gasteiger partial charge in [-0.25, -0.2) is 0 Å². The second kappa shape index (κ2) is 3.88. The smallest absolute Gasteiger partial charge is 0.312 e. The molecule has 0 fully saturated rings. The summed E-state index contributed by atoms with van der Waals surface area (Å²) in [5, 5.41) is 2.99.